The molecule has 0 radical (unpaired) electrons. The smallest absolute Gasteiger partial charge is 0.0764 e. The van der Waals surface area contributed by atoms with Crippen LogP contribution in [0.1, 0.15) is 11.3 Å². The van der Waals surface area contributed by atoms with Gasteiger partial charge in [-0.1, -0.05) is 0 Å². The number of hydrogen-bond donors (Lipinski definition) is 0. The van der Waals surface area contributed by atoms with Crippen molar-refractivity contribution < 1.29 is 0 Å². The van der Waals surface area contributed by atoms with Crippen LogP contribution in [0.15, 0.2) is 16.4 Å². The molecule has 2 heterocycles. The van der Waals surface area contributed by atoms with Gasteiger partial charge in [-0.05, 0) is 24.3 Å². The van der Waals surface area contributed by atoms with Crippen LogP contribution in [-0.2, 0) is 6.42 Å². The van der Waals surface area contributed by atoms with Crippen molar-refractivity contribution in [2.24, 2.45) is 4.99 Å². The highest BCUT2D eigenvalue weighted by Gasteiger charge is 2.04. The van der Waals surface area contributed by atoms with Crippen LogP contribution >= 0.6 is 11.3 Å². The van der Waals surface area contributed by atoms with Crippen LogP contribution in [0.5, 0.6) is 0 Å². The molecule has 0 amide bonds. The van der Waals surface area contributed by atoms with E-state index in [1.54, 1.807) is 0 Å². The normalized spacial score (nSPS) is 15.6. The Labute approximate surface area is 58.1 Å². The van der Waals surface area contributed by atoms with Gasteiger partial charge in [-0.15, -0.1) is 11.3 Å². The van der Waals surface area contributed by atoms with E-state index < -0.39 is 0 Å². The van der Waals surface area contributed by atoms with Crippen molar-refractivity contribution in [3.8, 4) is 0 Å². The van der Waals surface area contributed by atoms with Gasteiger partial charge in [0.2, 0.25) is 0 Å². The lowest BCUT2D eigenvalue weighted by Gasteiger charge is -2.00. The van der Waals surface area contributed by atoms with Crippen molar-refractivity contribution >= 4 is 23.2 Å². The highest BCUT2D eigenvalue weighted by atomic mass is 32.1. The molecule has 0 aliphatic carbocycles. The lowest BCUT2D eigenvalue weighted by molar-refractivity contribution is 1.06. The van der Waals surface area contributed by atoms with E-state index in [-0.39, 0.29) is 0 Å². The average molecular weight is 137 g/mol. The fourth-order valence-electron chi connectivity index (χ4n) is 0.994. The van der Waals surface area contributed by atoms with Gasteiger partial charge in [0, 0.05) is 11.1 Å². The Bertz CT molecular complexity index is 237. The van der Waals surface area contributed by atoms with Crippen LogP contribution in [0.3, 0.4) is 0 Å². The standard InChI is InChI=1S/C7H7NS/c1-2-7-6(8-4-1)3-5-9-7/h3-5H,1-2H2. The topological polar surface area (TPSA) is 12.4 Å². The molecule has 1 nitrogen and oxygen atoms in total. The van der Waals surface area contributed by atoms with Crippen molar-refractivity contribution in [1.82, 2.24) is 0 Å². The predicted octanol–water partition coefficient (Wildman–Crippen LogP) is 2.40. The molecule has 1 aromatic heterocycles. The van der Waals surface area contributed by atoms with Crippen molar-refractivity contribution in [2.75, 3.05) is 0 Å². The first-order chi connectivity index (χ1) is 4.47. The molecule has 0 N–H and O–H groups in total. The lowest BCUT2D eigenvalue weighted by atomic mass is 10.2. The SMILES string of the molecule is C1=Nc2ccsc2CC1. The van der Waals surface area contributed by atoms with Gasteiger partial charge >= 0.3 is 0 Å². The van der Waals surface area contributed by atoms with Gasteiger partial charge in [0.15, 0.2) is 0 Å². The minimum atomic E-state index is 1.12. The van der Waals surface area contributed by atoms with E-state index in [9.17, 15) is 0 Å². The van der Waals surface area contributed by atoms with E-state index in [0.29, 0.717) is 0 Å². The first-order valence-corrected chi connectivity index (χ1v) is 3.94. The molecule has 1 aromatic rings. The molecule has 0 bridgehead atoms. The Balaban J connectivity index is 2.53. The molecule has 0 fully saturated rings. The lowest BCUT2D eigenvalue weighted by Crippen LogP contribution is -1.87. The predicted molar refractivity (Wildman–Crippen MR) is 40.8 cm³/mol. The first kappa shape index (κ1) is 5.18. The van der Waals surface area contributed by atoms with Crippen LogP contribution in [-0.4, -0.2) is 6.21 Å². The molecular weight excluding hydrogens is 130 g/mol. The quantitative estimate of drug-likeness (QED) is 0.520. The molecule has 46 valence electrons. The van der Waals surface area contributed by atoms with Gasteiger partial charge in [0.1, 0.15) is 0 Å². The Kier molecular flexibility index (Phi) is 1.12. The molecule has 2 heteroatoms. The number of nitrogens with zero attached hydrogens (tertiary/aromatic N) is 1. The second kappa shape index (κ2) is 1.95. The van der Waals surface area contributed by atoms with E-state index in [0.717, 1.165) is 6.42 Å². The van der Waals surface area contributed by atoms with Gasteiger partial charge in [-0.2, -0.15) is 0 Å². The summed E-state index contributed by atoms with van der Waals surface area (Å²) in [5.41, 5.74) is 1.19. The summed E-state index contributed by atoms with van der Waals surface area (Å²) in [5, 5.41) is 2.10. The van der Waals surface area contributed by atoms with E-state index in [2.05, 4.69) is 16.4 Å². The maximum absolute atomic E-state index is 4.24. The summed E-state index contributed by atoms with van der Waals surface area (Å²) in [7, 11) is 0. The number of thiophene rings is 1. The number of rotatable bonds is 0. The molecule has 0 spiro atoms. The van der Waals surface area contributed by atoms with Crippen molar-refractivity contribution in [1.29, 1.82) is 0 Å². The summed E-state index contributed by atoms with van der Waals surface area (Å²) >= 11 is 1.81. The molecule has 1 aliphatic heterocycles. The highest BCUT2D eigenvalue weighted by Crippen LogP contribution is 2.28. The van der Waals surface area contributed by atoms with E-state index in [1.165, 1.54) is 17.0 Å². The van der Waals surface area contributed by atoms with Gasteiger partial charge in [0.25, 0.3) is 0 Å². The second-order valence-corrected chi connectivity index (χ2v) is 3.08. The molecule has 0 saturated heterocycles. The summed E-state index contributed by atoms with van der Waals surface area (Å²) in [6, 6.07) is 2.08. The summed E-state index contributed by atoms with van der Waals surface area (Å²) < 4.78 is 0. The zero-order valence-electron chi connectivity index (χ0n) is 5.00. The third kappa shape index (κ3) is 0.793. The second-order valence-electron chi connectivity index (χ2n) is 2.08. The molecule has 9 heavy (non-hydrogen) atoms. The van der Waals surface area contributed by atoms with Crippen molar-refractivity contribution in [2.45, 2.75) is 12.8 Å². The molecule has 2 rings (SSSR count). The number of aryl methyl sites for hydroxylation is 1. The zero-order valence-corrected chi connectivity index (χ0v) is 5.82. The van der Waals surface area contributed by atoms with Crippen LogP contribution < -0.4 is 0 Å². The highest BCUT2D eigenvalue weighted by molar-refractivity contribution is 7.10. The number of aliphatic imine (C=N–C) groups is 1. The average Bonchev–Trinajstić information content (AvgIpc) is 2.33. The fourth-order valence-corrected chi connectivity index (χ4v) is 1.83. The molecule has 0 unspecified atom stereocenters. The number of fused-ring (bicyclic) bond motifs is 1. The van der Waals surface area contributed by atoms with Crippen LogP contribution in [0, 0.1) is 0 Å². The number of hydrogen-bond acceptors (Lipinski definition) is 2. The fraction of sp³-hybridized carbons (Fsp3) is 0.286. The van der Waals surface area contributed by atoms with Gasteiger partial charge in [-0.3, -0.25) is 4.99 Å². The first-order valence-electron chi connectivity index (χ1n) is 3.06. The van der Waals surface area contributed by atoms with Crippen LogP contribution in [0.25, 0.3) is 0 Å². The minimum Gasteiger partial charge on any atom is -0.260 e. The Hall–Kier alpha value is -0.630. The summed E-state index contributed by atoms with van der Waals surface area (Å²) in [6.45, 7) is 0. The van der Waals surface area contributed by atoms with E-state index in [1.807, 2.05) is 17.6 Å². The monoisotopic (exact) mass is 137 g/mol. The Morgan fingerprint density at radius 2 is 2.56 bits per heavy atom. The zero-order chi connectivity index (χ0) is 6.10. The molecule has 0 atom stereocenters. The Morgan fingerprint density at radius 3 is 3.44 bits per heavy atom. The molecular formula is C7H7NS. The van der Waals surface area contributed by atoms with Gasteiger partial charge < -0.3 is 0 Å². The third-order valence-electron chi connectivity index (χ3n) is 1.45. The molecule has 1 aliphatic rings. The van der Waals surface area contributed by atoms with Crippen molar-refractivity contribution in [3.63, 3.8) is 0 Å². The molecule has 0 aromatic carbocycles. The van der Waals surface area contributed by atoms with E-state index >= 15 is 0 Å². The van der Waals surface area contributed by atoms with E-state index in [4.69, 9.17) is 0 Å². The largest absolute Gasteiger partial charge is 0.260 e. The third-order valence-corrected chi connectivity index (χ3v) is 2.42. The van der Waals surface area contributed by atoms with Gasteiger partial charge in [-0.25, -0.2) is 0 Å². The summed E-state index contributed by atoms with van der Waals surface area (Å²) in [4.78, 5) is 5.68. The maximum atomic E-state index is 4.24. The van der Waals surface area contributed by atoms with Crippen LogP contribution in [0.4, 0.5) is 5.69 Å². The minimum absolute atomic E-state index is 1.12. The molecule has 0 saturated carbocycles. The maximum Gasteiger partial charge on any atom is 0.0764 e. The summed E-state index contributed by atoms with van der Waals surface area (Å²) in [5.74, 6) is 0. The van der Waals surface area contributed by atoms with Gasteiger partial charge in [0.05, 0.1) is 5.69 Å². The summed E-state index contributed by atoms with van der Waals surface area (Å²) in [6.07, 6.45) is 4.30. The van der Waals surface area contributed by atoms with Crippen molar-refractivity contribution in [3.05, 3.63) is 16.3 Å². The van der Waals surface area contributed by atoms with Crippen LogP contribution in [0.2, 0.25) is 0 Å². The Morgan fingerprint density at radius 1 is 1.56 bits per heavy atom.